The summed E-state index contributed by atoms with van der Waals surface area (Å²) in [5.41, 5.74) is 0.959. The molecule has 86 valence electrons. The van der Waals surface area contributed by atoms with E-state index in [2.05, 4.69) is 9.84 Å². The number of nitrogens with zero attached hydrogens (tertiary/aromatic N) is 1. The Morgan fingerprint density at radius 3 is 2.18 bits per heavy atom. The van der Waals surface area contributed by atoms with E-state index in [1.807, 2.05) is 5.43 Å². The fourth-order valence-corrected chi connectivity index (χ4v) is 1.49. The summed E-state index contributed by atoms with van der Waals surface area (Å²) in [7, 11) is 1.16. The summed E-state index contributed by atoms with van der Waals surface area (Å²) in [4.78, 5) is 34.3. The molecule has 0 aliphatic rings. The van der Waals surface area contributed by atoms with E-state index in [1.54, 1.807) is 12.1 Å². The smallest absolute Gasteiger partial charge is 0.427 e. The van der Waals surface area contributed by atoms with Crippen LogP contribution in [-0.2, 0) is 4.74 Å². The number of hydrogen-bond acceptors (Lipinski definition) is 5. The molecule has 17 heavy (non-hydrogen) atoms. The number of methoxy groups -OCH3 is 1. The van der Waals surface area contributed by atoms with E-state index >= 15 is 0 Å². The zero-order valence-electron chi connectivity index (χ0n) is 8.89. The van der Waals surface area contributed by atoms with Crippen LogP contribution in [0, 0.1) is 0 Å². The Morgan fingerprint density at radius 1 is 1.18 bits per heavy atom. The first-order valence-electron chi connectivity index (χ1n) is 4.75. The van der Waals surface area contributed by atoms with Crippen molar-refractivity contribution in [3.05, 3.63) is 50.1 Å². The van der Waals surface area contributed by atoms with Gasteiger partial charge < -0.3 is 4.74 Å². The van der Waals surface area contributed by atoms with Crippen molar-refractivity contribution in [2.24, 2.45) is 5.10 Å². The molecule has 1 N–H and O–H groups in total. The van der Waals surface area contributed by atoms with E-state index < -0.39 is 17.0 Å². The van der Waals surface area contributed by atoms with Gasteiger partial charge in [-0.3, -0.25) is 9.59 Å². The zero-order valence-corrected chi connectivity index (χ0v) is 8.89. The van der Waals surface area contributed by atoms with Crippen molar-refractivity contribution >= 4 is 16.9 Å². The first-order chi connectivity index (χ1) is 8.15. The molecule has 0 atom stereocenters. The number of benzene rings is 1. The molecule has 1 amide bonds. The predicted octanol–water partition coefficient (Wildman–Crippen LogP) is -0.393. The lowest BCUT2D eigenvalue weighted by Crippen LogP contribution is -2.35. The van der Waals surface area contributed by atoms with Gasteiger partial charge in [0.2, 0.25) is 10.9 Å². The van der Waals surface area contributed by atoms with E-state index in [0.717, 1.165) is 7.11 Å². The highest BCUT2D eigenvalue weighted by Crippen LogP contribution is 2.01. The molecule has 2 rings (SSSR count). The Morgan fingerprint density at radius 2 is 1.71 bits per heavy atom. The van der Waals surface area contributed by atoms with Gasteiger partial charge in [-0.25, -0.2) is 10.2 Å². The molecule has 0 aromatic heterocycles. The van der Waals surface area contributed by atoms with E-state index in [-0.39, 0.29) is 5.36 Å². The SMILES string of the molecule is COC(=O)NN=c1c(=O)c2ccccc2c1=O. The van der Waals surface area contributed by atoms with Crippen LogP contribution in [0.5, 0.6) is 0 Å². The number of nitrogens with one attached hydrogen (secondary N) is 1. The molecule has 2 aromatic carbocycles. The molecule has 2 aromatic rings. The second-order valence-electron chi connectivity index (χ2n) is 3.27. The third kappa shape index (κ3) is 1.80. The van der Waals surface area contributed by atoms with Gasteiger partial charge in [0.05, 0.1) is 7.11 Å². The maximum Gasteiger partial charge on any atom is 0.427 e. The molecule has 0 aliphatic carbocycles. The van der Waals surface area contributed by atoms with E-state index in [4.69, 9.17) is 0 Å². The van der Waals surface area contributed by atoms with Gasteiger partial charge in [-0.05, 0) is 0 Å². The summed E-state index contributed by atoms with van der Waals surface area (Å²) in [6.45, 7) is 0. The Bertz CT molecular complexity index is 676. The molecule has 0 spiro atoms. The predicted molar refractivity (Wildman–Crippen MR) is 60.0 cm³/mol. The van der Waals surface area contributed by atoms with Crippen LogP contribution in [0.1, 0.15) is 0 Å². The van der Waals surface area contributed by atoms with Crippen molar-refractivity contribution in [1.29, 1.82) is 0 Å². The Balaban J connectivity index is 2.67. The molecule has 0 bridgehead atoms. The quantitative estimate of drug-likeness (QED) is 0.678. The van der Waals surface area contributed by atoms with Crippen LogP contribution < -0.4 is 21.6 Å². The van der Waals surface area contributed by atoms with Gasteiger partial charge in [0.25, 0.3) is 0 Å². The van der Waals surface area contributed by atoms with E-state index in [1.165, 1.54) is 12.1 Å². The van der Waals surface area contributed by atoms with Gasteiger partial charge in [-0.2, -0.15) is 5.10 Å². The summed E-state index contributed by atoms with van der Waals surface area (Å²) >= 11 is 0. The number of amides is 1. The fourth-order valence-electron chi connectivity index (χ4n) is 1.49. The normalized spacial score (nSPS) is 10.2. The number of hydrogen-bond donors (Lipinski definition) is 1. The summed E-state index contributed by atoms with van der Waals surface area (Å²) in [5.74, 6) is 0. The van der Waals surface area contributed by atoms with E-state index in [0.29, 0.717) is 10.8 Å². The van der Waals surface area contributed by atoms with Gasteiger partial charge in [-0.15, -0.1) is 0 Å². The van der Waals surface area contributed by atoms with Gasteiger partial charge >= 0.3 is 6.09 Å². The number of rotatable bonds is 1. The van der Waals surface area contributed by atoms with Crippen LogP contribution in [0.25, 0.3) is 10.8 Å². The van der Waals surface area contributed by atoms with E-state index in [9.17, 15) is 14.4 Å². The summed E-state index contributed by atoms with van der Waals surface area (Å²) in [6, 6.07) is 6.38. The molecule has 6 heteroatoms. The third-order valence-electron chi connectivity index (χ3n) is 2.29. The van der Waals surface area contributed by atoms with Gasteiger partial charge in [0, 0.05) is 10.8 Å². The maximum atomic E-state index is 11.8. The molecule has 0 fully saturated rings. The summed E-state index contributed by atoms with van der Waals surface area (Å²) in [6.07, 6.45) is -0.839. The molecular weight excluding hydrogens is 224 g/mol. The van der Waals surface area contributed by atoms with Crippen molar-refractivity contribution in [2.75, 3.05) is 7.11 Å². The van der Waals surface area contributed by atoms with Crippen molar-refractivity contribution < 1.29 is 9.53 Å². The topological polar surface area (TPSA) is 84.8 Å². The van der Waals surface area contributed by atoms with Crippen LogP contribution in [0.4, 0.5) is 4.79 Å². The fraction of sp³-hybridized carbons (Fsp3) is 0.0909. The lowest BCUT2D eigenvalue weighted by Gasteiger charge is -1.92. The second-order valence-corrected chi connectivity index (χ2v) is 3.27. The average molecular weight is 232 g/mol. The first-order valence-corrected chi connectivity index (χ1v) is 4.75. The van der Waals surface area contributed by atoms with Gasteiger partial charge in [-0.1, -0.05) is 24.3 Å². The Labute approximate surface area is 94.8 Å². The lowest BCUT2D eigenvalue weighted by molar-refractivity contribution is 0.171. The maximum absolute atomic E-state index is 11.8. The van der Waals surface area contributed by atoms with Crippen LogP contribution in [0.2, 0.25) is 0 Å². The summed E-state index contributed by atoms with van der Waals surface area (Å²) in [5, 5.41) is 3.74. The van der Waals surface area contributed by atoms with Crippen molar-refractivity contribution in [2.45, 2.75) is 0 Å². The molecule has 0 heterocycles. The monoisotopic (exact) mass is 232 g/mol. The minimum absolute atomic E-state index is 0.294. The minimum Gasteiger partial charge on any atom is -0.452 e. The number of carbonyl (C=O) groups excluding carboxylic acids is 1. The Kier molecular flexibility index (Phi) is 2.70. The van der Waals surface area contributed by atoms with Gasteiger partial charge in [0.1, 0.15) is 0 Å². The number of carbonyl (C=O) groups is 1. The van der Waals surface area contributed by atoms with Crippen LogP contribution >= 0.6 is 0 Å². The minimum atomic E-state index is -0.839. The standard InChI is InChI=1S/C11H8N2O4/c1-17-11(16)13-12-8-9(14)6-4-2-3-5-7(6)10(8)15/h2-5H,1H3,(H,13,16). The first kappa shape index (κ1) is 11.0. The summed E-state index contributed by atoms with van der Waals surface area (Å²) < 4.78 is 4.28. The largest absolute Gasteiger partial charge is 0.452 e. The molecule has 0 saturated carbocycles. The molecule has 0 saturated heterocycles. The second kappa shape index (κ2) is 4.17. The molecule has 0 unspecified atom stereocenters. The number of fused-ring (bicyclic) bond motifs is 1. The number of ether oxygens (including phenoxy) is 1. The average Bonchev–Trinajstić information content (AvgIpc) is 2.60. The van der Waals surface area contributed by atoms with Crippen LogP contribution in [0.15, 0.2) is 39.0 Å². The van der Waals surface area contributed by atoms with Crippen LogP contribution in [-0.4, -0.2) is 13.2 Å². The van der Waals surface area contributed by atoms with Crippen molar-refractivity contribution in [1.82, 2.24) is 5.43 Å². The highest BCUT2D eigenvalue weighted by molar-refractivity contribution is 5.83. The van der Waals surface area contributed by atoms with Crippen LogP contribution in [0.3, 0.4) is 0 Å². The molecule has 0 radical (unpaired) electrons. The molecule has 0 aliphatic heterocycles. The van der Waals surface area contributed by atoms with Crippen molar-refractivity contribution in [3.8, 4) is 0 Å². The molecule has 6 nitrogen and oxygen atoms in total. The van der Waals surface area contributed by atoms with Crippen molar-refractivity contribution in [3.63, 3.8) is 0 Å². The van der Waals surface area contributed by atoms with Gasteiger partial charge in [0.15, 0.2) is 5.36 Å². The highest BCUT2D eigenvalue weighted by atomic mass is 16.5. The third-order valence-corrected chi connectivity index (χ3v) is 2.29. The molecular formula is C11H8N2O4. The Hall–Kier alpha value is -2.50. The zero-order chi connectivity index (χ0) is 12.4. The highest BCUT2D eigenvalue weighted by Gasteiger charge is 2.10. The lowest BCUT2D eigenvalue weighted by atomic mass is 10.2.